The number of para-hydroxylation sites is 1. The van der Waals surface area contributed by atoms with E-state index in [0.29, 0.717) is 25.1 Å². The van der Waals surface area contributed by atoms with Gasteiger partial charge < -0.3 is 15.1 Å². The van der Waals surface area contributed by atoms with Gasteiger partial charge in [0.25, 0.3) is 0 Å². The Bertz CT molecular complexity index is 599. The largest absolute Gasteiger partial charge is 0.480 e. The molecule has 6 heteroatoms. The Balaban J connectivity index is 1.91. The zero-order chi connectivity index (χ0) is 15.2. The Morgan fingerprint density at radius 3 is 2.67 bits per heavy atom. The molecule has 2 N–H and O–H groups in total. The van der Waals surface area contributed by atoms with Gasteiger partial charge in [0.15, 0.2) is 0 Å². The highest BCUT2D eigenvalue weighted by Crippen LogP contribution is 2.34. The van der Waals surface area contributed by atoms with Gasteiger partial charge in [0, 0.05) is 18.7 Å². The fourth-order valence-corrected chi connectivity index (χ4v) is 3.08. The number of hydrogen-bond acceptors (Lipinski definition) is 3. The molecule has 2 atom stereocenters. The highest BCUT2D eigenvalue weighted by atomic mass is 16.4. The zero-order valence-electron chi connectivity index (χ0n) is 11.8. The third kappa shape index (κ3) is 2.35. The third-order valence-electron chi connectivity index (χ3n) is 4.19. The number of aliphatic carboxylic acids is 1. The van der Waals surface area contributed by atoms with Crippen molar-refractivity contribution in [3.63, 3.8) is 0 Å². The number of likely N-dealkylation sites (tertiary alicyclic amines) is 1. The van der Waals surface area contributed by atoms with Crippen LogP contribution in [0.15, 0.2) is 24.3 Å². The molecule has 112 valence electrons. The van der Waals surface area contributed by atoms with Crippen molar-refractivity contribution in [3.8, 4) is 0 Å². The van der Waals surface area contributed by atoms with Gasteiger partial charge in [-0.2, -0.15) is 0 Å². The van der Waals surface area contributed by atoms with Crippen LogP contribution < -0.4 is 4.90 Å². The highest BCUT2D eigenvalue weighted by Gasteiger charge is 2.43. The highest BCUT2D eigenvalue weighted by molar-refractivity contribution is 6.01. The molecule has 2 heterocycles. The fourth-order valence-electron chi connectivity index (χ4n) is 3.08. The molecule has 0 saturated carbocycles. The summed E-state index contributed by atoms with van der Waals surface area (Å²) in [5, 5.41) is 19.4. The molecule has 1 saturated heterocycles. The molecule has 21 heavy (non-hydrogen) atoms. The van der Waals surface area contributed by atoms with Crippen LogP contribution in [0.5, 0.6) is 0 Å². The predicted molar refractivity (Wildman–Crippen MR) is 76.3 cm³/mol. The molecule has 1 fully saturated rings. The number of β-amino-alcohol motifs (C(OH)–C–C–N with tert-alkyl or cyclic N) is 1. The minimum Gasteiger partial charge on any atom is -0.480 e. The summed E-state index contributed by atoms with van der Waals surface area (Å²) in [6.07, 6.45) is 0.827. The number of carbonyl (C=O) groups excluding carboxylic acids is 1. The maximum atomic E-state index is 12.7. The third-order valence-corrected chi connectivity index (χ3v) is 4.19. The van der Waals surface area contributed by atoms with Crippen LogP contribution in [0.2, 0.25) is 0 Å². The number of anilines is 1. The monoisotopic (exact) mass is 290 g/mol. The van der Waals surface area contributed by atoms with Crippen molar-refractivity contribution < 1.29 is 19.8 Å². The van der Waals surface area contributed by atoms with Gasteiger partial charge in [-0.1, -0.05) is 18.2 Å². The number of nitrogens with zero attached hydrogens (tertiary/aromatic N) is 2. The first-order valence-electron chi connectivity index (χ1n) is 7.00. The number of fused-ring (bicyclic) bond motifs is 1. The molecule has 3 rings (SSSR count). The van der Waals surface area contributed by atoms with E-state index < -0.39 is 17.6 Å². The van der Waals surface area contributed by atoms with Crippen molar-refractivity contribution in [2.75, 3.05) is 18.0 Å². The van der Waals surface area contributed by atoms with Crippen molar-refractivity contribution in [1.82, 2.24) is 4.90 Å². The zero-order valence-corrected chi connectivity index (χ0v) is 11.8. The van der Waals surface area contributed by atoms with Crippen molar-refractivity contribution in [2.24, 2.45) is 0 Å². The first-order chi connectivity index (χ1) is 9.89. The van der Waals surface area contributed by atoms with E-state index in [0.717, 1.165) is 5.56 Å². The molecule has 0 aromatic heterocycles. The van der Waals surface area contributed by atoms with E-state index in [-0.39, 0.29) is 12.6 Å². The summed E-state index contributed by atoms with van der Waals surface area (Å²) >= 11 is 0. The van der Waals surface area contributed by atoms with Gasteiger partial charge in [-0.15, -0.1) is 0 Å². The minimum atomic E-state index is -1.01. The lowest BCUT2D eigenvalue weighted by Crippen LogP contribution is -2.49. The molecule has 2 unspecified atom stereocenters. The van der Waals surface area contributed by atoms with Crippen LogP contribution in [0.3, 0.4) is 0 Å². The molecule has 1 aromatic rings. The summed E-state index contributed by atoms with van der Waals surface area (Å²) in [6, 6.07) is 6.03. The fraction of sp³-hybridized carbons (Fsp3) is 0.467. The smallest absolute Gasteiger partial charge is 0.327 e. The maximum absolute atomic E-state index is 12.7. The van der Waals surface area contributed by atoms with E-state index in [4.69, 9.17) is 0 Å². The predicted octanol–water partition coefficient (Wildman–Crippen LogP) is 1.08. The number of aliphatic hydroxyl groups is 1. The first-order valence-corrected chi connectivity index (χ1v) is 7.00. The van der Waals surface area contributed by atoms with Crippen LogP contribution in [0.4, 0.5) is 10.5 Å². The van der Waals surface area contributed by atoms with Gasteiger partial charge in [-0.05, 0) is 25.0 Å². The molecule has 0 bridgehead atoms. The van der Waals surface area contributed by atoms with Gasteiger partial charge in [-0.25, -0.2) is 9.59 Å². The number of benzene rings is 1. The molecule has 1 aromatic carbocycles. The molecular formula is C15H18N2O4. The van der Waals surface area contributed by atoms with Crippen molar-refractivity contribution in [2.45, 2.75) is 31.4 Å². The Labute approximate surface area is 122 Å². The standard InChI is InChI=1S/C15H18N2O4/c1-15(21)6-7-16(9-15)14(20)17-11-5-3-2-4-10(11)8-12(17)13(18)19/h2-5,12,21H,6-9H2,1H3,(H,18,19). The lowest BCUT2D eigenvalue weighted by atomic mass is 10.1. The Morgan fingerprint density at radius 2 is 2.05 bits per heavy atom. The quantitative estimate of drug-likeness (QED) is 0.811. The Morgan fingerprint density at radius 1 is 1.33 bits per heavy atom. The average Bonchev–Trinajstić information content (AvgIpc) is 2.98. The Kier molecular flexibility index (Phi) is 3.13. The van der Waals surface area contributed by atoms with Crippen LogP contribution in [-0.4, -0.2) is 51.8 Å². The topological polar surface area (TPSA) is 81.1 Å². The Hall–Kier alpha value is -2.08. The summed E-state index contributed by atoms with van der Waals surface area (Å²) in [6.45, 7) is 2.36. The number of carboxylic acids is 1. The van der Waals surface area contributed by atoms with Gasteiger partial charge in [0.05, 0.1) is 12.1 Å². The lowest BCUT2D eigenvalue weighted by Gasteiger charge is -2.28. The van der Waals surface area contributed by atoms with Crippen LogP contribution in [-0.2, 0) is 11.2 Å². The summed E-state index contributed by atoms with van der Waals surface area (Å²) < 4.78 is 0. The number of carboxylic acid groups (broad SMARTS) is 1. The van der Waals surface area contributed by atoms with E-state index in [1.54, 1.807) is 19.1 Å². The number of urea groups is 1. The molecule has 0 spiro atoms. The second kappa shape index (κ2) is 4.73. The van der Waals surface area contributed by atoms with Crippen LogP contribution in [0.25, 0.3) is 0 Å². The van der Waals surface area contributed by atoms with Crippen LogP contribution >= 0.6 is 0 Å². The second-order valence-electron chi connectivity index (χ2n) is 6.01. The summed E-state index contributed by atoms with van der Waals surface area (Å²) in [7, 11) is 0. The van der Waals surface area contributed by atoms with E-state index >= 15 is 0 Å². The number of carbonyl (C=O) groups is 2. The van der Waals surface area contributed by atoms with Gasteiger partial charge >= 0.3 is 12.0 Å². The van der Waals surface area contributed by atoms with Crippen LogP contribution in [0.1, 0.15) is 18.9 Å². The molecule has 2 aliphatic heterocycles. The van der Waals surface area contributed by atoms with E-state index in [2.05, 4.69) is 0 Å². The van der Waals surface area contributed by atoms with Crippen molar-refractivity contribution in [1.29, 1.82) is 0 Å². The number of hydrogen-bond donors (Lipinski definition) is 2. The normalized spacial score (nSPS) is 27.8. The number of rotatable bonds is 1. The minimum absolute atomic E-state index is 0.233. The lowest BCUT2D eigenvalue weighted by molar-refractivity contribution is -0.138. The van der Waals surface area contributed by atoms with Crippen molar-refractivity contribution in [3.05, 3.63) is 29.8 Å². The molecule has 2 aliphatic rings. The van der Waals surface area contributed by atoms with E-state index in [1.165, 1.54) is 9.80 Å². The molecule has 0 radical (unpaired) electrons. The van der Waals surface area contributed by atoms with E-state index in [9.17, 15) is 19.8 Å². The average molecular weight is 290 g/mol. The molecule has 0 aliphatic carbocycles. The molecular weight excluding hydrogens is 272 g/mol. The van der Waals surface area contributed by atoms with Crippen molar-refractivity contribution >= 4 is 17.7 Å². The van der Waals surface area contributed by atoms with Gasteiger partial charge in [-0.3, -0.25) is 4.90 Å². The summed E-state index contributed by atoms with van der Waals surface area (Å²) in [4.78, 5) is 27.0. The maximum Gasteiger partial charge on any atom is 0.327 e. The molecule has 2 amide bonds. The summed E-state index contributed by atoms with van der Waals surface area (Å²) in [5.74, 6) is -1.01. The second-order valence-corrected chi connectivity index (χ2v) is 6.01. The van der Waals surface area contributed by atoms with Crippen LogP contribution in [0, 0.1) is 0 Å². The SMILES string of the molecule is CC1(O)CCN(C(=O)N2c3ccccc3CC2C(=O)O)C1. The number of amides is 2. The molecule has 6 nitrogen and oxygen atoms in total. The van der Waals surface area contributed by atoms with E-state index in [1.807, 2.05) is 12.1 Å². The first kappa shape index (κ1) is 13.9. The van der Waals surface area contributed by atoms with Gasteiger partial charge in [0.1, 0.15) is 6.04 Å². The summed E-state index contributed by atoms with van der Waals surface area (Å²) in [5.41, 5.74) is 0.624. The van der Waals surface area contributed by atoms with Gasteiger partial charge in [0.2, 0.25) is 0 Å².